The van der Waals surface area contributed by atoms with Gasteiger partial charge in [0.05, 0.1) is 0 Å². The van der Waals surface area contributed by atoms with Crippen LogP contribution in [-0.4, -0.2) is 0 Å². The Morgan fingerprint density at radius 2 is 1.82 bits per heavy atom. The monoisotopic (exact) mass is 238 g/mol. The molecule has 1 aliphatic rings. The van der Waals surface area contributed by atoms with Gasteiger partial charge in [-0.05, 0) is 36.3 Å². The van der Waals surface area contributed by atoms with Crippen molar-refractivity contribution in [2.75, 3.05) is 0 Å². The molecular weight excluding hydrogens is 218 g/mol. The molecule has 0 aliphatic heterocycles. The Labute approximate surface area is 102 Å². The third-order valence-corrected chi connectivity index (χ3v) is 3.97. The fourth-order valence-corrected chi connectivity index (χ4v) is 2.70. The normalized spacial score (nSPS) is 24.9. The molecule has 0 heterocycles. The fraction of sp³-hybridized carbons (Fsp3) is 0.600. The summed E-state index contributed by atoms with van der Waals surface area (Å²) in [6, 6.07) is 3.91. The van der Waals surface area contributed by atoms with Crippen molar-refractivity contribution in [1.82, 2.24) is 0 Å². The highest BCUT2D eigenvalue weighted by Gasteiger charge is 2.18. The quantitative estimate of drug-likeness (QED) is 0.714. The van der Waals surface area contributed by atoms with Gasteiger partial charge in [0.15, 0.2) is 0 Å². The van der Waals surface area contributed by atoms with Gasteiger partial charge in [0.25, 0.3) is 0 Å². The van der Waals surface area contributed by atoms with Crippen LogP contribution in [0.15, 0.2) is 18.2 Å². The number of halogens is 2. The second-order valence-corrected chi connectivity index (χ2v) is 5.40. The lowest BCUT2D eigenvalue weighted by Crippen LogP contribution is -2.13. The van der Waals surface area contributed by atoms with Crippen molar-refractivity contribution in [1.29, 1.82) is 0 Å². The molecule has 1 aliphatic carbocycles. The first-order valence-electron chi connectivity index (χ1n) is 6.59. The number of hydrogen-bond donors (Lipinski definition) is 0. The minimum atomic E-state index is -0.488. The number of hydrogen-bond acceptors (Lipinski definition) is 0. The van der Waals surface area contributed by atoms with Crippen molar-refractivity contribution >= 4 is 0 Å². The van der Waals surface area contributed by atoms with Gasteiger partial charge in [-0.25, -0.2) is 8.78 Å². The van der Waals surface area contributed by atoms with E-state index in [1.807, 2.05) is 0 Å². The molecular formula is C15H20F2. The Bertz CT molecular complexity index is 365. The van der Waals surface area contributed by atoms with Crippen LogP contribution in [0.5, 0.6) is 0 Å². The molecule has 0 aromatic heterocycles. The van der Waals surface area contributed by atoms with Crippen LogP contribution >= 0.6 is 0 Å². The summed E-state index contributed by atoms with van der Waals surface area (Å²) in [4.78, 5) is 0. The van der Waals surface area contributed by atoms with E-state index in [9.17, 15) is 8.78 Å². The zero-order valence-corrected chi connectivity index (χ0v) is 10.4. The van der Waals surface area contributed by atoms with Gasteiger partial charge in [0.1, 0.15) is 11.6 Å². The minimum absolute atomic E-state index is 0.394. The number of aryl methyl sites for hydroxylation is 1. The Morgan fingerprint density at radius 3 is 2.47 bits per heavy atom. The molecule has 0 radical (unpaired) electrons. The van der Waals surface area contributed by atoms with E-state index in [0.717, 1.165) is 30.7 Å². The molecule has 1 aromatic carbocycles. The predicted molar refractivity (Wildman–Crippen MR) is 65.8 cm³/mol. The summed E-state index contributed by atoms with van der Waals surface area (Å²) in [5.41, 5.74) is 0.657. The molecule has 2 rings (SSSR count). The maximum Gasteiger partial charge on any atom is 0.129 e. The SMILES string of the molecule is CC1CCC(CCc2ccc(F)cc2F)CC1. The van der Waals surface area contributed by atoms with Gasteiger partial charge in [-0.1, -0.05) is 38.7 Å². The average Bonchev–Trinajstić information content (AvgIpc) is 2.30. The standard InChI is InChI=1S/C15H20F2/c1-11-2-4-12(5-3-11)6-7-13-8-9-14(16)10-15(13)17/h8-12H,2-7H2,1H3. The van der Waals surface area contributed by atoms with Gasteiger partial charge in [0, 0.05) is 6.07 Å². The van der Waals surface area contributed by atoms with Crippen molar-refractivity contribution in [3.05, 3.63) is 35.4 Å². The van der Waals surface area contributed by atoms with E-state index >= 15 is 0 Å². The third kappa shape index (κ3) is 3.52. The maximum absolute atomic E-state index is 13.4. The first-order valence-corrected chi connectivity index (χ1v) is 6.59. The lowest BCUT2D eigenvalue weighted by atomic mass is 9.80. The molecule has 0 amide bonds. The lowest BCUT2D eigenvalue weighted by molar-refractivity contribution is 0.277. The molecule has 0 atom stereocenters. The summed E-state index contributed by atoms with van der Waals surface area (Å²) in [7, 11) is 0. The first-order chi connectivity index (χ1) is 8.15. The molecule has 1 saturated carbocycles. The molecule has 0 saturated heterocycles. The van der Waals surface area contributed by atoms with Crippen LogP contribution in [0.3, 0.4) is 0 Å². The smallest absolute Gasteiger partial charge is 0.129 e. The summed E-state index contributed by atoms with van der Waals surface area (Å²) in [5.74, 6) is 0.705. The summed E-state index contributed by atoms with van der Waals surface area (Å²) in [6.45, 7) is 2.30. The van der Waals surface area contributed by atoms with Gasteiger partial charge in [0.2, 0.25) is 0 Å². The van der Waals surface area contributed by atoms with E-state index in [-0.39, 0.29) is 0 Å². The highest BCUT2D eigenvalue weighted by molar-refractivity contribution is 5.18. The molecule has 17 heavy (non-hydrogen) atoms. The minimum Gasteiger partial charge on any atom is -0.207 e. The van der Waals surface area contributed by atoms with Crippen LogP contribution in [0.2, 0.25) is 0 Å². The second-order valence-electron chi connectivity index (χ2n) is 5.40. The zero-order valence-electron chi connectivity index (χ0n) is 10.4. The first kappa shape index (κ1) is 12.5. The van der Waals surface area contributed by atoms with Crippen LogP contribution in [0.1, 0.15) is 44.6 Å². The highest BCUT2D eigenvalue weighted by atomic mass is 19.1. The molecule has 94 valence electrons. The predicted octanol–water partition coefficient (Wildman–Crippen LogP) is 4.72. The molecule has 0 spiro atoms. The van der Waals surface area contributed by atoms with Crippen molar-refractivity contribution in [2.45, 2.75) is 45.4 Å². The summed E-state index contributed by atoms with van der Waals surface area (Å²) >= 11 is 0. The lowest BCUT2D eigenvalue weighted by Gasteiger charge is -2.26. The Hall–Kier alpha value is -0.920. The van der Waals surface area contributed by atoms with Crippen LogP contribution < -0.4 is 0 Å². The van der Waals surface area contributed by atoms with E-state index < -0.39 is 11.6 Å². The van der Waals surface area contributed by atoms with Gasteiger partial charge >= 0.3 is 0 Å². The summed E-state index contributed by atoms with van der Waals surface area (Å²) in [6.07, 6.45) is 6.92. The van der Waals surface area contributed by atoms with Crippen molar-refractivity contribution in [3.63, 3.8) is 0 Å². The Morgan fingerprint density at radius 1 is 1.12 bits per heavy atom. The molecule has 0 N–H and O–H groups in total. The Balaban J connectivity index is 1.85. The van der Waals surface area contributed by atoms with E-state index in [1.165, 1.54) is 31.7 Å². The second kappa shape index (κ2) is 5.61. The zero-order chi connectivity index (χ0) is 12.3. The van der Waals surface area contributed by atoms with Crippen molar-refractivity contribution in [2.24, 2.45) is 11.8 Å². The summed E-state index contributed by atoms with van der Waals surface area (Å²) in [5, 5.41) is 0. The largest absolute Gasteiger partial charge is 0.207 e. The molecule has 1 aromatic rings. The van der Waals surface area contributed by atoms with Crippen molar-refractivity contribution < 1.29 is 8.78 Å². The van der Waals surface area contributed by atoms with E-state index in [4.69, 9.17) is 0 Å². The van der Waals surface area contributed by atoms with Crippen molar-refractivity contribution in [3.8, 4) is 0 Å². The molecule has 0 bridgehead atoms. The third-order valence-electron chi connectivity index (χ3n) is 3.97. The van der Waals surface area contributed by atoms with Crippen LogP contribution in [0, 0.1) is 23.5 Å². The topological polar surface area (TPSA) is 0 Å². The molecule has 1 fully saturated rings. The van der Waals surface area contributed by atoms with Gasteiger partial charge < -0.3 is 0 Å². The van der Waals surface area contributed by atoms with Gasteiger partial charge in [-0.15, -0.1) is 0 Å². The molecule has 2 heteroatoms. The molecule has 0 nitrogen and oxygen atoms in total. The van der Waals surface area contributed by atoms with E-state index in [0.29, 0.717) is 5.56 Å². The van der Waals surface area contributed by atoms with Gasteiger partial charge in [-0.3, -0.25) is 0 Å². The highest BCUT2D eigenvalue weighted by Crippen LogP contribution is 2.31. The van der Waals surface area contributed by atoms with Crippen LogP contribution in [-0.2, 0) is 6.42 Å². The van der Waals surface area contributed by atoms with E-state index in [1.54, 1.807) is 6.07 Å². The summed E-state index contributed by atoms with van der Waals surface area (Å²) < 4.78 is 26.2. The van der Waals surface area contributed by atoms with Crippen LogP contribution in [0.4, 0.5) is 8.78 Å². The van der Waals surface area contributed by atoms with Gasteiger partial charge in [-0.2, -0.15) is 0 Å². The maximum atomic E-state index is 13.4. The van der Waals surface area contributed by atoms with Crippen LogP contribution in [0.25, 0.3) is 0 Å². The average molecular weight is 238 g/mol. The van der Waals surface area contributed by atoms with E-state index in [2.05, 4.69) is 6.92 Å². The number of benzene rings is 1. The number of rotatable bonds is 3. The fourth-order valence-electron chi connectivity index (χ4n) is 2.70. The molecule has 0 unspecified atom stereocenters. The Kier molecular flexibility index (Phi) is 4.14.